The number of benzene rings is 1. The number of β-amino-alcohol motifs (C(OH)–C–C–N with tert-alkyl or cyclic N) is 1. The highest BCUT2D eigenvalue weighted by molar-refractivity contribution is 8.03. The fraction of sp³-hybridized carbons (Fsp3) is 0.235. The maximum absolute atomic E-state index is 9.37. The molecule has 0 saturated carbocycles. The number of aryl methyl sites for hydroxylation is 2. The van der Waals surface area contributed by atoms with Gasteiger partial charge in [0.2, 0.25) is 0 Å². The summed E-state index contributed by atoms with van der Waals surface area (Å²) in [5.41, 5.74) is 3.60. The number of hydrogen-bond acceptors (Lipinski definition) is 3. The molecule has 4 heteroatoms. The minimum atomic E-state index is 0.147. The number of aromatic nitrogens is 1. The van der Waals surface area contributed by atoms with Crippen LogP contribution in [0.2, 0.25) is 0 Å². The Hall–Kier alpha value is -1.78. The van der Waals surface area contributed by atoms with Gasteiger partial charge in [-0.25, -0.2) is 4.57 Å². The third-order valence-corrected chi connectivity index (χ3v) is 4.57. The van der Waals surface area contributed by atoms with E-state index in [2.05, 4.69) is 48.4 Å². The van der Waals surface area contributed by atoms with E-state index in [0.717, 1.165) is 10.6 Å². The van der Waals surface area contributed by atoms with Crippen molar-refractivity contribution in [3.63, 3.8) is 0 Å². The molecule has 3 nitrogen and oxygen atoms in total. The molecule has 0 spiro atoms. The summed E-state index contributed by atoms with van der Waals surface area (Å²) in [6.45, 7) is 2.86. The van der Waals surface area contributed by atoms with Gasteiger partial charge in [-0.1, -0.05) is 17.8 Å². The highest BCUT2D eigenvalue weighted by atomic mass is 32.2. The average Bonchev–Trinajstić information content (AvgIpc) is 2.77. The zero-order chi connectivity index (χ0) is 14.8. The molecule has 0 amide bonds. The van der Waals surface area contributed by atoms with Crippen molar-refractivity contribution in [2.45, 2.75) is 11.8 Å². The SMILES string of the molecule is Cc1ccc2c(c1)N(CCO)/C(=C\c1ccc[n+](C)c1)S2. The number of rotatable bonds is 3. The predicted octanol–water partition coefficient (Wildman–Crippen LogP) is 2.72. The molecule has 0 bridgehead atoms. The lowest BCUT2D eigenvalue weighted by molar-refractivity contribution is -0.671. The second-order valence-corrected chi connectivity index (χ2v) is 6.30. The van der Waals surface area contributed by atoms with Crippen molar-refractivity contribution in [3.8, 4) is 0 Å². The first kappa shape index (κ1) is 14.2. The molecule has 3 rings (SSSR count). The lowest BCUT2D eigenvalue weighted by atomic mass is 10.2. The summed E-state index contributed by atoms with van der Waals surface area (Å²) < 4.78 is 2.04. The Bertz CT molecular complexity index is 697. The van der Waals surface area contributed by atoms with E-state index < -0.39 is 0 Å². The second kappa shape index (κ2) is 5.92. The van der Waals surface area contributed by atoms with Gasteiger partial charge in [0.15, 0.2) is 12.4 Å². The average molecular weight is 299 g/mol. The normalized spacial score (nSPS) is 15.6. The first-order valence-electron chi connectivity index (χ1n) is 7.01. The molecule has 1 aromatic heterocycles. The zero-order valence-corrected chi connectivity index (χ0v) is 13.1. The van der Waals surface area contributed by atoms with E-state index >= 15 is 0 Å². The summed E-state index contributed by atoms with van der Waals surface area (Å²) in [7, 11) is 2.02. The number of pyridine rings is 1. The molecule has 0 unspecified atom stereocenters. The molecular weight excluding hydrogens is 280 g/mol. The van der Waals surface area contributed by atoms with E-state index in [1.54, 1.807) is 11.8 Å². The van der Waals surface area contributed by atoms with Crippen molar-refractivity contribution in [3.05, 3.63) is 58.9 Å². The monoisotopic (exact) mass is 299 g/mol. The van der Waals surface area contributed by atoms with Crippen LogP contribution in [0.25, 0.3) is 6.08 Å². The third kappa shape index (κ3) is 2.96. The van der Waals surface area contributed by atoms with Crippen molar-refractivity contribution in [1.82, 2.24) is 0 Å². The van der Waals surface area contributed by atoms with Crippen LogP contribution in [0.5, 0.6) is 0 Å². The molecule has 1 aliphatic rings. The largest absolute Gasteiger partial charge is 0.395 e. The van der Waals surface area contributed by atoms with Gasteiger partial charge in [-0.15, -0.1) is 0 Å². The fourth-order valence-corrected chi connectivity index (χ4v) is 3.62. The molecule has 0 fully saturated rings. The Morgan fingerprint density at radius 2 is 2.19 bits per heavy atom. The highest BCUT2D eigenvalue weighted by Gasteiger charge is 2.24. The van der Waals surface area contributed by atoms with Crippen molar-refractivity contribution in [2.24, 2.45) is 7.05 Å². The van der Waals surface area contributed by atoms with Crippen LogP contribution in [0.3, 0.4) is 0 Å². The molecule has 0 atom stereocenters. The second-order valence-electron chi connectivity index (χ2n) is 5.23. The van der Waals surface area contributed by atoms with Crippen molar-refractivity contribution in [1.29, 1.82) is 0 Å². The Morgan fingerprint density at radius 1 is 1.33 bits per heavy atom. The van der Waals surface area contributed by atoms with Crippen molar-refractivity contribution < 1.29 is 9.67 Å². The Morgan fingerprint density at radius 3 is 2.95 bits per heavy atom. The molecule has 0 aliphatic carbocycles. The molecule has 0 radical (unpaired) electrons. The van der Waals surface area contributed by atoms with Gasteiger partial charge in [0.05, 0.1) is 17.3 Å². The lowest BCUT2D eigenvalue weighted by Crippen LogP contribution is -2.26. The van der Waals surface area contributed by atoms with Crippen LogP contribution in [0.15, 0.2) is 52.7 Å². The van der Waals surface area contributed by atoms with Gasteiger partial charge in [-0.3, -0.25) is 0 Å². The van der Waals surface area contributed by atoms with Crippen LogP contribution in [-0.4, -0.2) is 18.3 Å². The summed E-state index contributed by atoms with van der Waals surface area (Å²) >= 11 is 1.76. The zero-order valence-electron chi connectivity index (χ0n) is 12.3. The molecule has 21 heavy (non-hydrogen) atoms. The van der Waals surface area contributed by atoms with Crippen LogP contribution in [0, 0.1) is 6.92 Å². The van der Waals surface area contributed by atoms with Gasteiger partial charge in [-0.05, 0) is 36.8 Å². The molecular formula is C17H19N2OS+. The molecule has 108 valence electrons. The van der Waals surface area contributed by atoms with Crippen LogP contribution >= 0.6 is 11.8 Å². The van der Waals surface area contributed by atoms with Gasteiger partial charge >= 0.3 is 0 Å². The summed E-state index contributed by atoms with van der Waals surface area (Å²) in [5.74, 6) is 0. The van der Waals surface area contributed by atoms with Gasteiger partial charge in [0.1, 0.15) is 7.05 Å². The van der Waals surface area contributed by atoms with Gasteiger partial charge in [0, 0.05) is 23.1 Å². The minimum Gasteiger partial charge on any atom is -0.395 e. The van der Waals surface area contributed by atoms with E-state index in [9.17, 15) is 5.11 Å². The number of aliphatic hydroxyl groups is 1. The topological polar surface area (TPSA) is 27.3 Å². The Kier molecular flexibility index (Phi) is 3.99. The third-order valence-electron chi connectivity index (χ3n) is 3.46. The number of aliphatic hydroxyl groups excluding tert-OH is 1. The molecule has 0 saturated heterocycles. The first-order chi connectivity index (χ1) is 10.2. The number of nitrogens with zero attached hydrogens (tertiary/aromatic N) is 2. The van der Waals surface area contributed by atoms with E-state index in [1.165, 1.54) is 16.1 Å². The van der Waals surface area contributed by atoms with Gasteiger partial charge in [0.25, 0.3) is 0 Å². The Balaban J connectivity index is 2.00. The van der Waals surface area contributed by atoms with Gasteiger partial charge in [-0.2, -0.15) is 0 Å². The smallest absolute Gasteiger partial charge is 0.175 e. The first-order valence-corrected chi connectivity index (χ1v) is 7.83. The maximum Gasteiger partial charge on any atom is 0.175 e. The number of hydrogen-bond donors (Lipinski definition) is 1. The summed E-state index contributed by atoms with van der Waals surface area (Å²) in [4.78, 5) is 3.45. The molecule has 1 aromatic carbocycles. The summed E-state index contributed by atoms with van der Waals surface area (Å²) in [6, 6.07) is 10.6. The van der Waals surface area contributed by atoms with E-state index in [4.69, 9.17) is 0 Å². The lowest BCUT2D eigenvalue weighted by Gasteiger charge is -2.19. The van der Waals surface area contributed by atoms with E-state index in [-0.39, 0.29) is 6.61 Å². The standard InChI is InChI=1S/C17H19N2OS/c1-13-5-6-16-15(10-13)19(8-9-20)17(21-16)11-14-4-3-7-18(2)12-14/h3-7,10-12,20H,8-9H2,1-2H3/q+1/b17-11+. The van der Waals surface area contributed by atoms with Crippen LogP contribution < -0.4 is 9.47 Å². The summed E-state index contributed by atoms with van der Waals surface area (Å²) in [5, 5.41) is 10.5. The quantitative estimate of drug-likeness (QED) is 0.883. The van der Waals surface area contributed by atoms with E-state index in [1.807, 2.05) is 23.9 Å². The summed E-state index contributed by atoms with van der Waals surface area (Å²) in [6.07, 6.45) is 6.29. The fourth-order valence-electron chi connectivity index (χ4n) is 2.49. The number of anilines is 1. The maximum atomic E-state index is 9.37. The Labute approximate surface area is 129 Å². The molecule has 2 aromatic rings. The van der Waals surface area contributed by atoms with E-state index in [0.29, 0.717) is 6.54 Å². The number of fused-ring (bicyclic) bond motifs is 1. The predicted molar refractivity (Wildman–Crippen MR) is 87.1 cm³/mol. The minimum absolute atomic E-state index is 0.147. The number of thioether (sulfide) groups is 1. The van der Waals surface area contributed by atoms with Crippen LogP contribution in [0.4, 0.5) is 5.69 Å². The van der Waals surface area contributed by atoms with Crippen molar-refractivity contribution in [2.75, 3.05) is 18.1 Å². The molecule has 1 N–H and O–H groups in total. The van der Waals surface area contributed by atoms with Gasteiger partial charge < -0.3 is 10.0 Å². The van der Waals surface area contributed by atoms with Crippen molar-refractivity contribution >= 4 is 23.5 Å². The van der Waals surface area contributed by atoms with Crippen LogP contribution in [-0.2, 0) is 7.05 Å². The highest BCUT2D eigenvalue weighted by Crippen LogP contribution is 2.46. The molecule has 1 aliphatic heterocycles. The molecule has 2 heterocycles. The van der Waals surface area contributed by atoms with Crippen LogP contribution in [0.1, 0.15) is 11.1 Å².